The average Bonchev–Trinajstić information content (AvgIpc) is 2.05. The molecule has 0 aliphatic carbocycles. The van der Waals surface area contributed by atoms with E-state index in [2.05, 4.69) is 5.32 Å². The molecule has 2 nitrogen and oxygen atoms in total. The molecule has 1 rings (SSSR count). The van der Waals surface area contributed by atoms with Crippen molar-refractivity contribution in [2.45, 2.75) is 26.1 Å². The maximum Gasteiger partial charge on any atom is 0.102 e. The van der Waals surface area contributed by atoms with Gasteiger partial charge in [-0.25, -0.2) is 0 Å². The van der Waals surface area contributed by atoms with Crippen LogP contribution in [0.5, 0.6) is 0 Å². The lowest BCUT2D eigenvalue weighted by Crippen LogP contribution is -2.28. The molecular weight excluding hydrogens is 150 g/mol. The molecule has 0 heterocycles. The summed E-state index contributed by atoms with van der Waals surface area (Å²) in [5.41, 5.74) is 1.19. The molecule has 0 aliphatic rings. The van der Waals surface area contributed by atoms with Gasteiger partial charge in [-0.15, -0.1) is 0 Å². The van der Waals surface area contributed by atoms with Crippen molar-refractivity contribution in [3.63, 3.8) is 0 Å². The summed E-state index contributed by atoms with van der Waals surface area (Å²) in [5, 5.41) is 12.1. The van der Waals surface area contributed by atoms with Crippen LogP contribution in [0.3, 0.4) is 0 Å². The van der Waals surface area contributed by atoms with Crippen molar-refractivity contribution in [3.05, 3.63) is 35.9 Å². The summed E-state index contributed by atoms with van der Waals surface area (Å²) in [4.78, 5) is 0. The standard InChI is InChI=1S/C10H15NO/c1-8(11-9(2)12)10-6-4-3-5-7-10/h3-9,11-12H,1-2H3/t8-,9?/m0/s1. The van der Waals surface area contributed by atoms with Gasteiger partial charge in [-0.1, -0.05) is 30.3 Å². The third-order valence-corrected chi connectivity index (χ3v) is 1.79. The Hall–Kier alpha value is -0.860. The molecule has 2 atom stereocenters. The summed E-state index contributed by atoms with van der Waals surface area (Å²) in [6, 6.07) is 10.3. The van der Waals surface area contributed by atoms with Crippen LogP contribution in [0.1, 0.15) is 25.5 Å². The summed E-state index contributed by atoms with van der Waals surface area (Å²) in [6.45, 7) is 3.75. The predicted octanol–water partition coefficient (Wildman–Crippen LogP) is 1.68. The molecule has 1 aromatic carbocycles. The van der Waals surface area contributed by atoms with Crippen molar-refractivity contribution in [1.29, 1.82) is 0 Å². The van der Waals surface area contributed by atoms with Crippen LogP contribution in [0, 0.1) is 0 Å². The molecule has 0 amide bonds. The third kappa shape index (κ3) is 2.64. The molecule has 0 radical (unpaired) electrons. The number of hydrogen-bond acceptors (Lipinski definition) is 2. The van der Waals surface area contributed by atoms with Gasteiger partial charge in [0.2, 0.25) is 0 Å². The zero-order valence-corrected chi connectivity index (χ0v) is 7.49. The topological polar surface area (TPSA) is 32.3 Å². The molecular formula is C10H15NO. The van der Waals surface area contributed by atoms with E-state index in [9.17, 15) is 0 Å². The quantitative estimate of drug-likeness (QED) is 0.668. The highest BCUT2D eigenvalue weighted by molar-refractivity contribution is 5.17. The van der Waals surface area contributed by atoms with Crippen LogP contribution in [0.15, 0.2) is 30.3 Å². The Balaban J connectivity index is 2.59. The SMILES string of the molecule is CC(O)N[C@@H](C)c1ccccc1. The van der Waals surface area contributed by atoms with E-state index >= 15 is 0 Å². The first-order valence-electron chi connectivity index (χ1n) is 4.19. The van der Waals surface area contributed by atoms with Crippen molar-refractivity contribution in [1.82, 2.24) is 5.32 Å². The van der Waals surface area contributed by atoms with Crippen LogP contribution in [-0.2, 0) is 0 Å². The summed E-state index contributed by atoms with van der Waals surface area (Å²) in [7, 11) is 0. The molecule has 1 unspecified atom stereocenters. The lowest BCUT2D eigenvalue weighted by atomic mass is 10.1. The average molecular weight is 165 g/mol. The van der Waals surface area contributed by atoms with E-state index in [4.69, 9.17) is 5.11 Å². The van der Waals surface area contributed by atoms with Crippen molar-refractivity contribution in [2.75, 3.05) is 0 Å². The van der Waals surface area contributed by atoms with Crippen molar-refractivity contribution < 1.29 is 5.11 Å². The molecule has 0 fully saturated rings. The molecule has 2 heteroatoms. The van der Waals surface area contributed by atoms with Crippen LogP contribution in [0.25, 0.3) is 0 Å². The Kier molecular flexibility index (Phi) is 3.26. The Morgan fingerprint density at radius 2 is 1.75 bits per heavy atom. The second-order valence-corrected chi connectivity index (χ2v) is 2.98. The van der Waals surface area contributed by atoms with Crippen LogP contribution in [-0.4, -0.2) is 11.3 Å². The number of aliphatic hydroxyl groups is 1. The van der Waals surface area contributed by atoms with Crippen LogP contribution >= 0.6 is 0 Å². The number of rotatable bonds is 3. The molecule has 0 aliphatic heterocycles. The van der Waals surface area contributed by atoms with Crippen molar-refractivity contribution >= 4 is 0 Å². The smallest absolute Gasteiger partial charge is 0.102 e. The maximum atomic E-state index is 9.07. The fourth-order valence-electron chi connectivity index (χ4n) is 1.20. The Bertz CT molecular complexity index is 221. The van der Waals surface area contributed by atoms with Gasteiger partial charge in [0.1, 0.15) is 6.23 Å². The highest BCUT2D eigenvalue weighted by Gasteiger charge is 2.05. The lowest BCUT2D eigenvalue weighted by Gasteiger charge is -2.15. The van der Waals surface area contributed by atoms with Gasteiger partial charge in [-0.05, 0) is 19.4 Å². The first kappa shape index (κ1) is 9.23. The fraction of sp³-hybridized carbons (Fsp3) is 0.400. The van der Waals surface area contributed by atoms with E-state index in [1.54, 1.807) is 6.92 Å². The van der Waals surface area contributed by atoms with Crippen LogP contribution in [0.4, 0.5) is 0 Å². The van der Waals surface area contributed by atoms with Crippen molar-refractivity contribution in [2.24, 2.45) is 0 Å². The molecule has 1 aromatic rings. The van der Waals surface area contributed by atoms with Crippen molar-refractivity contribution in [3.8, 4) is 0 Å². The fourth-order valence-corrected chi connectivity index (χ4v) is 1.20. The molecule has 0 saturated heterocycles. The minimum atomic E-state index is -0.458. The summed E-state index contributed by atoms with van der Waals surface area (Å²) < 4.78 is 0. The predicted molar refractivity (Wildman–Crippen MR) is 49.7 cm³/mol. The van der Waals surface area contributed by atoms with Crippen LogP contribution < -0.4 is 5.32 Å². The molecule has 2 N–H and O–H groups in total. The number of hydrogen-bond donors (Lipinski definition) is 2. The third-order valence-electron chi connectivity index (χ3n) is 1.79. The molecule has 0 saturated carbocycles. The normalized spacial score (nSPS) is 15.6. The van der Waals surface area contributed by atoms with E-state index in [0.29, 0.717) is 0 Å². The van der Waals surface area contributed by atoms with E-state index in [1.165, 1.54) is 5.56 Å². The number of aliphatic hydroxyl groups excluding tert-OH is 1. The van der Waals surface area contributed by atoms with Crippen LogP contribution in [0.2, 0.25) is 0 Å². The second kappa shape index (κ2) is 4.24. The first-order chi connectivity index (χ1) is 5.70. The first-order valence-corrected chi connectivity index (χ1v) is 4.19. The monoisotopic (exact) mass is 165 g/mol. The largest absolute Gasteiger partial charge is 0.379 e. The molecule has 0 aromatic heterocycles. The zero-order chi connectivity index (χ0) is 8.97. The minimum absolute atomic E-state index is 0.200. The van der Waals surface area contributed by atoms with Gasteiger partial charge in [0, 0.05) is 6.04 Å². The van der Waals surface area contributed by atoms with Gasteiger partial charge in [0.15, 0.2) is 0 Å². The summed E-state index contributed by atoms with van der Waals surface area (Å²) >= 11 is 0. The van der Waals surface area contributed by atoms with E-state index in [1.807, 2.05) is 37.3 Å². The summed E-state index contributed by atoms with van der Waals surface area (Å²) in [5.74, 6) is 0. The summed E-state index contributed by atoms with van der Waals surface area (Å²) in [6.07, 6.45) is -0.458. The maximum absolute atomic E-state index is 9.07. The Labute approximate surface area is 73.2 Å². The number of nitrogens with one attached hydrogen (secondary N) is 1. The minimum Gasteiger partial charge on any atom is -0.379 e. The molecule has 0 bridgehead atoms. The second-order valence-electron chi connectivity index (χ2n) is 2.98. The molecule has 0 spiro atoms. The van der Waals surface area contributed by atoms with Gasteiger partial charge in [0.05, 0.1) is 0 Å². The highest BCUT2D eigenvalue weighted by atomic mass is 16.3. The van der Waals surface area contributed by atoms with Gasteiger partial charge in [0.25, 0.3) is 0 Å². The van der Waals surface area contributed by atoms with Gasteiger partial charge < -0.3 is 5.11 Å². The lowest BCUT2D eigenvalue weighted by molar-refractivity contribution is 0.143. The molecule has 66 valence electrons. The van der Waals surface area contributed by atoms with Gasteiger partial charge in [-0.3, -0.25) is 5.32 Å². The highest BCUT2D eigenvalue weighted by Crippen LogP contribution is 2.10. The van der Waals surface area contributed by atoms with E-state index < -0.39 is 6.23 Å². The Morgan fingerprint density at radius 1 is 1.17 bits per heavy atom. The van der Waals surface area contributed by atoms with E-state index in [0.717, 1.165) is 0 Å². The molecule has 12 heavy (non-hydrogen) atoms. The zero-order valence-electron chi connectivity index (χ0n) is 7.49. The van der Waals surface area contributed by atoms with Gasteiger partial charge in [-0.2, -0.15) is 0 Å². The van der Waals surface area contributed by atoms with E-state index in [-0.39, 0.29) is 6.04 Å². The van der Waals surface area contributed by atoms with Gasteiger partial charge >= 0.3 is 0 Å². The Morgan fingerprint density at radius 3 is 2.25 bits per heavy atom. The number of benzene rings is 1.